The Kier molecular flexibility index (Phi) is 3.75. The largest absolute Gasteiger partial charge is 0.461 e. The summed E-state index contributed by atoms with van der Waals surface area (Å²) in [6.07, 6.45) is 0. The van der Waals surface area contributed by atoms with Gasteiger partial charge >= 0.3 is 5.97 Å². The second-order valence-electron chi connectivity index (χ2n) is 4.47. The molecular formula is C16H13BrN2O2. The van der Waals surface area contributed by atoms with E-state index in [1.807, 2.05) is 48.5 Å². The number of hydrogen-bond donors (Lipinski definition) is 0. The van der Waals surface area contributed by atoms with Crippen LogP contribution in [0.2, 0.25) is 0 Å². The van der Waals surface area contributed by atoms with E-state index in [0.717, 1.165) is 21.1 Å². The minimum atomic E-state index is -0.367. The van der Waals surface area contributed by atoms with Crippen LogP contribution in [0.4, 0.5) is 0 Å². The molecule has 0 atom stereocenters. The zero-order valence-corrected chi connectivity index (χ0v) is 13.0. The number of ether oxygens (including phenoxy) is 1. The summed E-state index contributed by atoms with van der Waals surface area (Å²) in [5.74, 6) is -0.367. The van der Waals surface area contributed by atoms with Crippen molar-refractivity contribution in [2.24, 2.45) is 0 Å². The van der Waals surface area contributed by atoms with Crippen LogP contribution in [-0.4, -0.2) is 22.4 Å². The van der Waals surface area contributed by atoms with Crippen molar-refractivity contribution in [3.8, 4) is 5.69 Å². The smallest absolute Gasteiger partial charge is 0.357 e. The number of halogens is 1. The van der Waals surface area contributed by atoms with Gasteiger partial charge in [0.25, 0.3) is 0 Å². The number of nitrogens with zero attached hydrogens (tertiary/aromatic N) is 2. The summed E-state index contributed by atoms with van der Waals surface area (Å²) in [7, 11) is 0. The standard InChI is InChI=1S/C16H13BrN2O2/c1-2-21-16(20)15-13-5-3-4-6-14(13)18-19(15)12-9-7-11(17)8-10-12/h3-10H,2H2,1H3. The lowest BCUT2D eigenvalue weighted by Crippen LogP contribution is -2.12. The van der Waals surface area contributed by atoms with Crippen LogP contribution in [0.5, 0.6) is 0 Å². The minimum Gasteiger partial charge on any atom is -0.461 e. The quantitative estimate of drug-likeness (QED) is 0.675. The van der Waals surface area contributed by atoms with Crippen LogP contribution in [0.15, 0.2) is 53.0 Å². The van der Waals surface area contributed by atoms with Gasteiger partial charge in [0.1, 0.15) is 0 Å². The van der Waals surface area contributed by atoms with Gasteiger partial charge in [-0.15, -0.1) is 0 Å². The lowest BCUT2D eigenvalue weighted by atomic mass is 10.2. The first kappa shape index (κ1) is 13.8. The molecule has 3 rings (SSSR count). The van der Waals surface area contributed by atoms with Crippen molar-refractivity contribution in [2.75, 3.05) is 6.61 Å². The number of aromatic nitrogens is 2. The Morgan fingerprint density at radius 3 is 2.62 bits per heavy atom. The summed E-state index contributed by atoms with van der Waals surface area (Å²) in [4.78, 5) is 12.3. The van der Waals surface area contributed by atoms with Crippen molar-refractivity contribution in [1.82, 2.24) is 9.78 Å². The van der Waals surface area contributed by atoms with Gasteiger partial charge in [0.15, 0.2) is 5.69 Å². The average Bonchev–Trinajstić information content (AvgIpc) is 2.87. The van der Waals surface area contributed by atoms with Crippen molar-refractivity contribution >= 4 is 32.8 Å². The Bertz CT molecular complexity index is 794. The van der Waals surface area contributed by atoms with E-state index in [4.69, 9.17) is 4.74 Å². The number of rotatable bonds is 3. The van der Waals surface area contributed by atoms with Crippen molar-refractivity contribution in [1.29, 1.82) is 0 Å². The molecule has 106 valence electrons. The molecule has 0 radical (unpaired) electrons. The fourth-order valence-electron chi connectivity index (χ4n) is 2.20. The predicted octanol–water partition coefficient (Wildman–Crippen LogP) is 3.96. The maximum atomic E-state index is 12.3. The molecule has 0 fully saturated rings. The molecule has 0 amide bonds. The topological polar surface area (TPSA) is 44.1 Å². The van der Waals surface area contributed by atoms with E-state index in [1.165, 1.54) is 0 Å². The number of carbonyl (C=O) groups is 1. The molecule has 0 spiro atoms. The van der Waals surface area contributed by atoms with Crippen molar-refractivity contribution in [2.45, 2.75) is 6.92 Å². The van der Waals surface area contributed by atoms with Gasteiger partial charge < -0.3 is 4.74 Å². The van der Waals surface area contributed by atoms with Gasteiger partial charge in [-0.2, -0.15) is 5.10 Å². The van der Waals surface area contributed by atoms with Crippen LogP contribution in [-0.2, 0) is 4.74 Å². The highest BCUT2D eigenvalue weighted by Crippen LogP contribution is 2.23. The third kappa shape index (κ3) is 2.56. The summed E-state index contributed by atoms with van der Waals surface area (Å²) in [6, 6.07) is 15.2. The zero-order valence-electron chi connectivity index (χ0n) is 11.4. The van der Waals surface area contributed by atoms with E-state index in [9.17, 15) is 4.79 Å². The van der Waals surface area contributed by atoms with E-state index in [2.05, 4.69) is 21.0 Å². The maximum Gasteiger partial charge on any atom is 0.357 e. The lowest BCUT2D eigenvalue weighted by Gasteiger charge is -2.07. The van der Waals surface area contributed by atoms with Crippen molar-refractivity contribution in [3.63, 3.8) is 0 Å². The average molecular weight is 345 g/mol. The first-order valence-corrected chi connectivity index (χ1v) is 7.41. The van der Waals surface area contributed by atoms with Crippen molar-refractivity contribution < 1.29 is 9.53 Å². The molecule has 1 aromatic heterocycles. The van der Waals surface area contributed by atoms with Crippen LogP contribution in [0.3, 0.4) is 0 Å². The van der Waals surface area contributed by atoms with Crippen LogP contribution in [0.25, 0.3) is 16.6 Å². The lowest BCUT2D eigenvalue weighted by molar-refractivity contribution is 0.0518. The van der Waals surface area contributed by atoms with Gasteiger partial charge in [-0.1, -0.05) is 34.1 Å². The molecule has 3 aromatic rings. The fourth-order valence-corrected chi connectivity index (χ4v) is 2.46. The highest BCUT2D eigenvalue weighted by molar-refractivity contribution is 9.10. The SMILES string of the molecule is CCOC(=O)c1c2ccccc2nn1-c1ccc(Br)cc1. The molecule has 4 nitrogen and oxygen atoms in total. The van der Waals surface area contributed by atoms with Gasteiger partial charge in [-0.3, -0.25) is 0 Å². The number of benzene rings is 2. The predicted molar refractivity (Wildman–Crippen MR) is 84.7 cm³/mol. The molecule has 0 aliphatic rings. The zero-order chi connectivity index (χ0) is 14.8. The molecule has 0 bridgehead atoms. The van der Waals surface area contributed by atoms with Gasteiger partial charge in [0.2, 0.25) is 0 Å². The summed E-state index contributed by atoms with van der Waals surface area (Å²) in [5, 5.41) is 5.31. The second kappa shape index (κ2) is 5.69. The summed E-state index contributed by atoms with van der Waals surface area (Å²) < 4.78 is 7.78. The second-order valence-corrected chi connectivity index (χ2v) is 5.39. The van der Waals surface area contributed by atoms with Gasteiger partial charge in [-0.05, 0) is 37.3 Å². The molecule has 0 N–H and O–H groups in total. The van der Waals surface area contributed by atoms with E-state index in [0.29, 0.717) is 12.3 Å². The number of carbonyl (C=O) groups excluding carboxylic acids is 1. The molecule has 0 unspecified atom stereocenters. The molecular weight excluding hydrogens is 332 g/mol. The molecule has 2 aromatic carbocycles. The number of fused-ring (bicyclic) bond motifs is 1. The van der Waals surface area contributed by atoms with Gasteiger partial charge in [-0.25, -0.2) is 9.48 Å². The maximum absolute atomic E-state index is 12.3. The third-order valence-corrected chi connectivity index (χ3v) is 3.65. The van der Waals surface area contributed by atoms with Gasteiger partial charge in [0, 0.05) is 9.86 Å². The Hall–Kier alpha value is -2.14. The van der Waals surface area contributed by atoms with Gasteiger partial charge in [0.05, 0.1) is 17.8 Å². The van der Waals surface area contributed by atoms with Crippen molar-refractivity contribution in [3.05, 3.63) is 58.7 Å². The Balaban J connectivity index is 2.23. The van der Waals surface area contributed by atoms with E-state index >= 15 is 0 Å². The molecule has 0 aliphatic heterocycles. The minimum absolute atomic E-state index is 0.332. The summed E-state index contributed by atoms with van der Waals surface area (Å²) >= 11 is 3.40. The number of esters is 1. The highest BCUT2D eigenvalue weighted by Gasteiger charge is 2.20. The van der Waals surface area contributed by atoms with E-state index < -0.39 is 0 Å². The normalized spacial score (nSPS) is 10.8. The Labute approximate surface area is 130 Å². The van der Waals surface area contributed by atoms with Crippen LogP contribution < -0.4 is 0 Å². The Morgan fingerprint density at radius 1 is 1.19 bits per heavy atom. The fraction of sp³-hybridized carbons (Fsp3) is 0.125. The van der Waals surface area contributed by atoms with E-state index in [-0.39, 0.29) is 5.97 Å². The first-order valence-electron chi connectivity index (χ1n) is 6.61. The summed E-state index contributed by atoms with van der Waals surface area (Å²) in [6.45, 7) is 2.12. The Morgan fingerprint density at radius 2 is 1.90 bits per heavy atom. The van der Waals surface area contributed by atoms with Crippen LogP contribution in [0, 0.1) is 0 Å². The molecule has 0 saturated heterocycles. The molecule has 1 heterocycles. The first-order chi connectivity index (χ1) is 10.2. The van der Waals surface area contributed by atoms with Crippen LogP contribution >= 0.6 is 15.9 Å². The highest BCUT2D eigenvalue weighted by atomic mass is 79.9. The number of hydrogen-bond acceptors (Lipinski definition) is 3. The molecule has 0 aliphatic carbocycles. The molecule has 0 saturated carbocycles. The van der Waals surface area contributed by atoms with E-state index in [1.54, 1.807) is 11.6 Å². The summed E-state index contributed by atoms with van der Waals surface area (Å²) in [5.41, 5.74) is 2.04. The van der Waals surface area contributed by atoms with Crippen LogP contribution in [0.1, 0.15) is 17.4 Å². The molecule has 5 heteroatoms. The third-order valence-electron chi connectivity index (χ3n) is 3.12. The molecule has 21 heavy (non-hydrogen) atoms. The monoisotopic (exact) mass is 344 g/mol.